The largest absolute Gasteiger partial charge is 0.380 e. The van der Waals surface area contributed by atoms with Gasteiger partial charge in [0.1, 0.15) is 4.90 Å². The molecule has 20 heavy (non-hydrogen) atoms. The van der Waals surface area contributed by atoms with E-state index in [1.165, 1.54) is 4.31 Å². The Morgan fingerprint density at radius 3 is 2.85 bits per heavy atom. The fraction of sp³-hybridized carbons (Fsp3) is 0.750. The van der Waals surface area contributed by atoms with E-state index in [0.29, 0.717) is 30.4 Å². The van der Waals surface area contributed by atoms with E-state index >= 15 is 0 Å². The number of H-pyrrole nitrogens is 1. The second-order valence-electron chi connectivity index (χ2n) is 5.23. The summed E-state index contributed by atoms with van der Waals surface area (Å²) >= 11 is 0. The van der Waals surface area contributed by atoms with Crippen molar-refractivity contribution in [3.8, 4) is 0 Å². The lowest BCUT2D eigenvalue weighted by molar-refractivity contribution is 0.0183. The number of piperidine rings is 1. The molecule has 2 atom stereocenters. The Morgan fingerprint density at radius 2 is 2.25 bits per heavy atom. The average Bonchev–Trinajstić information content (AvgIpc) is 2.80. The number of sulfonamides is 1. The first-order valence-electron chi connectivity index (χ1n) is 6.68. The molecule has 2 heterocycles. The molecule has 2 unspecified atom stereocenters. The van der Waals surface area contributed by atoms with E-state index in [4.69, 9.17) is 10.5 Å². The van der Waals surface area contributed by atoms with Crippen molar-refractivity contribution in [2.45, 2.75) is 37.8 Å². The van der Waals surface area contributed by atoms with Gasteiger partial charge in [-0.2, -0.15) is 9.40 Å². The van der Waals surface area contributed by atoms with Crippen LogP contribution in [-0.2, 0) is 21.3 Å². The van der Waals surface area contributed by atoms with E-state index in [2.05, 4.69) is 17.1 Å². The summed E-state index contributed by atoms with van der Waals surface area (Å²) in [5, 5.41) is 6.66. The molecule has 3 N–H and O–H groups in total. The number of rotatable bonds is 4. The van der Waals surface area contributed by atoms with E-state index in [0.717, 1.165) is 6.42 Å². The molecule has 1 aromatic heterocycles. The molecule has 114 valence electrons. The Bertz CT molecular complexity index is 569. The van der Waals surface area contributed by atoms with Crippen LogP contribution in [0.5, 0.6) is 0 Å². The van der Waals surface area contributed by atoms with Crippen molar-refractivity contribution in [3.05, 3.63) is 11.4 Å². The number of nitrogens with one attached hydrogen (secondary N) is 1. The van der Waals surface area contributed by atoms with Gasteiger partial charge in [-0.3, -0.25) is 5.10 Å². The number of nitrogens with two attached hydrogens (primary N) is 1. The molecule has 0 saturated carbocycles. The summed E-state index contributed by atoms with van der Waals surface area (Å²) < 4.78 is 32.4. The quantitative estimate of drug-likeness (QED) is 0.828. The van der Waals surface area contributed by atoms with Gasteiger partial charge in [0, 0.05) is 26.7 Å². The molecule has 0 aromatic carbocycles. The number of nitrogens with zero attached hydrogens (tertiary/aromatic N) is 2. The van der Waals surface area contributed by atoms with Crippen molar-refractivity contribution in [2.75, 3.05) is 20.2 Å². The molecule has 1 aliphatic heterocycles. The molecule has 0 aliphatic carbocycles. The lowest BCUT2D eigenvalue weighted by atomic mass is 9.97. The monoisotopic (exact) mass is 302 g/mol. The molecule has 0 bridgehead atoms. The first-order valence-corrected chi connectivity index (χ1v) is 8.12. The molecular weight excluding hydrogens is 280 g/mol. The molecular formula is C12H22N4O3S. The van der Waals surface area contributed by atoms with Crippen LogP contribution < -0.4 is 5.73 Å². The number of hydrogen-bond acceptors (Lipinski definition) is 5. The predicted molar refractivity (Wildman–Crippen MR) is 74.6 cm³/mol. The number of methoxy groups -OCH3 is 1. The van der Waals surface area contributed by atoms with Crippen molar-refractivity contribution >= 4 is 10.0 Å². The molecule has 1 aliphatic rings. The SMILES string of the molecule is COC1CN(S(=O)(=O)c2c(CN)n[nH]c2C)CCC1C. The summed E-state index contributed by atoms with van der Waals surface area (Å²) in [6.45, 7) is 4.73. The summed E-state index contributed by atoms with van der Waals surface area (Å²) in [6.07, 6.45) is 0.708. The normalized spacial score (nSPS) is 25.0. The second kappa shape index (κ2) is 5.80. The molecule has 8 heteroatoms. The first-order chi connectivity index (χ1) is 9.41. The molecule has 0 radical (unpaired) electrons. The van der Waals surface area contributed by atoms with Crippen LogP contribution in [0.15, 0.2) is 4.90 Å². The van der Waals surface area contributed by atoms with Crippen LogP contribution in [0, 0.1) is 12.8 Å². The van der Waals surface area contributed by atoms with Crippen molar-refractivity contribution in [1.29, 1.82) is 0 Å². The highest BCUT2D eigenvalue weighted by molar-refractivity contribution is 7.89. The Labute approximate surface area is 119 Å². The molecule has 0 spiro atoms. The molecule has 1 fully saturated rings. The van der Waals surface area contributed by atoms with Crippen molar-refractivity contribution in [2.24, 2.45) is 11.7 Å². The summed E-state index contributed by atoms with van der Waals surface area (Å²) in [4.78, 5) is 0.212. The first kappa shape index (κ1) is 15.4. The fourth-order valence-corrected chi connectivity index (χ4v) is 4.42. The zero-order chi connectivity index (χ0) is 14.9. The van der Waals surface area contributed by atoms with Gasteiger partial charge in [0.2, 0.25) is 10.0 Å². The number of hydrogen-bond donors (Lipinski definition) is 2. The maximum atomic E-state index is 12.8. The van der Waals surface area contributed by atoms with Gasteiger partial charge in [0.25, 0.3) is 0 Å². The van der Waals surface area contributed by atoms with Crippen LogP contribution in [0.25, 0.3) is 0 Å². The third kappa shape index (κ3) is 2.60. The fourth-order valence-electron chi connectivity index (χ4n) is 2.61. The average molecular weight is 302 g/mol. The molecule has 1 aromatic rings. The van der Waals surface area contributed by atoms with E-state index in [1.54, 1.807) is 14.0 Å². The lowest BCUT2D eigenvalue weighted by Crippen LogP contribution is -2.46. The number of aromatic amines is 1. The zero-order valence-corrected chi connectivity index (χ0v) is 12.9. The van der Waals surface area contributed by atoms with Crippen LogP contribution in [0.4, 0.5) is 0 Å². The Balaban J connectivity index is 2.33. The molecule has 0 amide bonds. The summed E-state index contributed by atoms with van der Waals surface area (Å²) in [5.74, 6) is 0.353. The molecule has 7 nitrogen and oxygen atoms in total. The van der Waals surface area contributed by atoms with Gasteiger partial charge in [0.05, 0.1) is 17.5 Å². The third-order valence-electron chi connectivity index (χ3n) is 3.91. The summed E-state index contributed by atoms with van der Waals surface area (Å²) in [7, 11) is -1.96. The van der Waals surface area contributed by atoms with Crippen molar-refractivity contribution in [1.82, 2.24) is 14.5 Å². The predicted octanol–water partition coefficient (Wildman–Crippen LogP) is 0.222. The van der Waals surface area contributed by atoms with Gasteiger partial charge in [-0.05, 0) is 19.3 Å². The third-order valence-corrected chi connectivity index (χ3v) is 5.98. The molecule has 1 saturated heterocycles. The second-order valence-corrected chi connectivity index (χ2v) is 7.11. The summed E-state index contributed by atoms with van der Waals surface area (Å²) in [6, 6.07) is 0. The minimum atomic E-state index is -3.58. The zero-order valence-electron chi connectivity index (χ0n) is 12.1. The van der Waals surface area contributed by atoms with Crippen molar-refractivity contribution in [3.63, 3.8) is 0 Å². The number of aromatic nitrogens is 2. The van der Waals surface area contributed by atoms with Gasteiger partial charge in [-0.15, -0.1) is 0 Å². The Hall–Kier alpha value is -0.960. The van der Waals surface area contributed by atoms with E-state index in [-0.39, 0.29) is 17.5 Å². The highest BCUT2D eigenvalue weighted by Gasteiger charge is 2.36. The topological polar surface area (TPSA) is 101 Å². The van der Waals surface area contributed by atoms with Crippen molar-refractivity contribution < 1.29 is 13.2 Å². The smallest absolute Gasteiger partial charge is 0.246 e. The Kier molecular flexibility index (Phi) is 4.48. The van der Waals surface area contributed by atoms with Gasteiger partial charge >= 0.3 is 0 Å². The lowest BCUT2D eigenvalue weighted by Gasteiger charge is -2.35. The van der Waals surface area contributed by atoms with Gasteiger partial charge in [-0.1, -0.05) is 6.92 Å². The minimum absolute atomic E-state index is 0.0768. The van der Waals surface area contributed by atoms with Crippen LogP contribution >= 0.6 is 0 Å². The standard InChI is InChI=1S/C12H22N4O3S/c1-8-4-5-16(7-11(8)19-3)20(17,18)12-9(2)14-15-10(12)6-13/h8,11H,4-7,13H2,1-3H3,(H,14,15). The van der Waals surface area contributed by atoms with Crippen LogP contribution in [0.2, 0.25) is 0 Å². The number of ether oxygens (including phenoxy) is 1. The van der Waals surface area contributed by atoms with Gasteiger partial charge in [0.15, 0.2) is 0 Å². The highest BCUT2D eigenvalue weighted by atomic mass is 32.2. The summed E-state index contributed by atoms with van der Waals surface area (Å²) in [5.41, 5.74) is 6.49. The van der Waals surface area contributed by atoms with E-state index in [1.807, 2.05) is 0 Å². The highest BCUT2D eigenvalue weighted by Crippen LogP contribution is 2.27. The van der Waals surface area contributed by atoms with Gasteiger partial charge in [-0.25, -0.2) is 8.42 Å². The van der Waals surface area contributed by atoms with E-state index < -0.39 is 10.0 Å². The Morgan fingerprint density at radius 1 is 1.55 bits per heavy atom. The van der Waals surface area contributed by atoms with Crippen LogP contribution in [0.3, 0.4) is 0 Å². The van der Waals surface area contributed by atoms with E-state index in [9.17, 15) is 8.42 Å². The molecule has 2 rings (SSSR count). The minimum Gasteiger partial charge on any atom is -0.380 e. The van der Waals surface area contributed by atoms with Crippen LogP contribution in [-0.4, -0.2) is 49.2 Å². The van der Waals surface area contributed by atoms with Crippen LogP contribution in [0.1, 0.15) is 24.7 Å². The maximum absolute atomic E-state index is 12.8. The number of aryl methyl sites for hydroxylation is 1. The van der Waals surface area contributed by atoms with Gasteiger partial charge < -0.3 is 10.5 Å². The maximum Gasteiger partial charge on any atom is 0.246 e.